The second-order valence-corrected chi connectivity index (χ2v) is 6.29. The molecule has 0 aliphatic heterocycles. The van der Waals surface area contributed by atoms with Gasteiger partial charge in [0.2, 0.25) is 5.91 Å². The van der Waals surface area contributed by atoms with E-state index in [1.165, 1.54) is 11.3 Å². The van der Waals surface area contributed by atoms with Gasteiger partial charge in [-0.15, -0.1) is 11.3 Å². The number of carbonyl (C=O) groups excluding carboxylic acids is 1. The van der Waals surface area contributed by atoms with Crippen LogP contribution in [0.5, 0.6) is 0 Å². The summed E-state index contributed by atoms with van der Waals surface area (Å²) >= 11 is 1.63. The first-order valence-electron chi connectivity index (χ1n) is 6.59. The fourth-order valence-electron chi connectivity index (χ4n) is 2.61. The van der Waals surface area contributed by atoms with Crippen LogP contribution in [-0.4, -0.2) is 17.4 Å². The van der Waals surface area contributed by atoms with Crippen molar-refractivity contribution in [2.24, 2.45) is 17.6 Å². The molecule has 1 aromatic rings. The Morgan fingerprint density at radius 1 is 1.56 bits per heavy atom. The van der Waals surface area contributed by atoms with E-state index >= 15 is 0 Å². The molecule has 1 aliphatic carbocycles. The zero-order chi connectivity index (χ0) is 13.0. The lowest BCUT2D eigenvalue weighted by Gasteiger charge is -2.29. The Kier molecular flexibility index (Phi) is 4.72. The molecule has 18 heavy (non-hydrogen) atoms. The minimum Gasteiger partial charge on any atom is -0.349 e. The number of aromatic nitrogens is 1. The fraction of sp³-hybridized carbons (Fsp3) is 0.692. The summed E-state index contributed by atoms with van der Waals surface area (Å²) in [5.41, 5.74) is 5.75. The monoisotopic (exact) mass is 267 g/mol. The third kappa shape index (κ3) is 3.29. The first-order chi connectivity index (χ1) is 8.70. The van der Waals surface area contributed by atoms with Gasteiger partial charge < -0.3 is 11.1 Å². The molecule has 0 aromatic carbocycles. The molecule has 2 unspecified atom stereocenters. The Morgan fingerprint density at radius 3 is 3.00 bits per heavy atom. The van der Waals surface area contributed by atoms with E-state index in [1.54, 1.807) is 11.3 Å². The zero-order valence-electron chi connectivity index (χ0n) is 10.8. The summed E-state index contributed by atoms with van der Waals surface area (Å²) in [7, 11) is 0. The van der Waals surface area contributed by atoms with Crippen LogP contribution in [0.25, 0.3) is 0 Å². The van der Waals surface area contributed by atoms with Crippen LogP contribution < -0.4 is 11.1 Å². The maximum absolute atomic E-state index is 12.2. The Morgan fingerprint density at radius 2 is 2.33 bits per heavy atom. The number of hydrogen-bond acceptors (Lipinski definition) is 4. The first-order valence-corrected chi connectivity index (χ1v) is 7.41. The van der Waals surface area contributed by atoms with Gasteiger partial charge >= 0.3 is 0 Å². The molecule has 100 valence electrons. The van der Waals surface area contributed by atoms with Crippen molar-refractivity contribution in [3.05, 3.63) is 16.1 Å². The number of nitrogens with zero attached hydrogens (tertiary/aromatic N) is 1. The predicted molar refractivity (Wildman–Crippen MR) is 73.2 cm³/mol. The Bertz CT molecular complexity index is 405. The highest BCUT2D eigenvalue weighted by Crippen LogP contribution is 2.29. The largest absolute Gasteiger partial charge is 0.349 e. The number of amides is 1. The topological polar surface area (TPSA) is 68.0 Å². The van der Waals surface area contributed by atoms with E-state index in [1.807, 2.05) is 13.1 Å². The van der Waals surface area contributed by atoms with Gasteiger partial charge in [0.05, 0.1) is 6.54 Å². The van der Waals surface area contributed by atoms with Gasteiger partial charge in [-0.25, -0.2) is 4.98 Å². The molecule has 0 radical (unpaired) electrons. The molecule has 1 aliphatic rings. The maximum atomic E-state index is 12.2. The molecule has 3 N–H and O–H groups in total. The van der Waals surface area contributed by atoms with Crippen LogP contribution in [0, 0.1) is 18.8 Å². The minimum atomic E-state index is 0.102. The molecule has 4 nitrogen and oxygen atoms in total. The minimum absolute atomic E-state index is 0.102. The molecule has 0 bridgehead atoms. The lowest BCUT2D eigenvalue weighted by Crippen LogP contribution is -2.39. The van der Waals surface area contributed by atoms with Gasteiger partial charge in [0.1, 0.15) is 5.01 Å². The standard InChI is InChI=1S/C13H21N3OS/c1-9-7-15-12(18-9)8-16-13(17)11-5-3-2-4-10(11)6-14/h7,10-11H,2-6,8,14H2,1H3,(H,16,17). The van der Waals surface area contributed by atoms with E-state index in [0.717, 1.165) is 24.3 Å². The lowest BCUT2D eigenvalue weighted by molar-refractivity contribution is -0.127. The van der Waals surface area contributed by atoms with Crippen molar-refractivity contribution in [1.82, 2.24) is 10.3 Å². The van der Waals surface area contributed by atoms with Gasteiger partial charge in [0.25, 0.3) is 0 Å². The molecule has 2 rings (SSSR count). The molecular formula is C13H21N3OS. The van der Waals surface area contributed by atoms with E-state index < -0.39 is 0 Å². The van der Waals surface area contributed by atoms with Gasteiger partial charge in [0.15, 0.2) is 0 Å². The molecule has 2 atom stereocenters. The summed E-state index contributed by atoms with van der Waals surface area (Å²) in [6.07, 6.45) is 6.26. The second kappa shape index (κ2) is 6.29. The van der Waals surface area contributed by atoms with Crippen LogP contribution in [-0.2, 0) is 11.3 Å². The maximum Gasteiger partial charge on any atom is 0.223 e. The molecule has 5 heteroatoms. The molecule has 1 saturated carbocycles. The summed E-state index contributed by atoms with van der Waals surface area (Å²) in [4.78, 5) is 17.6. The third-order valence-corrected chi connectivity index (χ3v) is 4.54. The molecule has 1 fully saturated rings. The quantitative estimate of drug-likeness (QED) is 0.874. The van der Waals surface area contributed by atoms with Crippen molar-refractivity contribution in [2.75, 3.05) is 6.54 Å². The number of thiazole rings is 1. The Labute approximate surface area is 112 Å². The number of nitrogens with two attached hydrogens (primary N) is 1. The first kappa shape index (κ1) is 13.5. The second-order valence-electron chi connectivity index (χ2n) is 4.97. The summed E-state index contributed by atoms with van der Waals surface area (Å²) < 4.78 is 0. The normalized spacial score (nSPS) is 23.9. The summed E-state index contributed by atoms with van der Waals surface area (Å²) in [6.45, 7) is 3.19. The number of rotatable bonds is 4. The summed E-state index contributed by atoms with van der Waals surface area (Å²) in [5.74, 6) is 0.611. The molecule has 1 amide bonds. The number of aryl methyl sites for hydroxylation is 1. The average Bonchev–Trinajstić information content (AvgIpc) is 2.81. The van der Waals surface area contributed by atoms with E-state index in [2.05, 4.69) is 10.3 Å². The summed E-state index contributed by atoms with van der Waals surface area (Å²) in [6, 6.07) is 0. The third-order valence-electron chi connectivity index (χ3n) is 3.63. The van der Waals surface area contributed by atoms with Crippen molar-refractivity contribution in [3.8, 4) is 0 Å². The van der Waals surface area contributed by atoms with Crippen molar-refractivity contribution in [1.29, 1.82) is 0 Å². The highest BCUT2D eigenvalue weighted by atomic mass is 32.1. The molecule has 0 saturated heterocycles. The number of carbonyl (C=O) groups is 1. The van der Waals surface area contributed by atoms with E-state index in [4.69, 9.17) is 5.73 Å². The van der Waals surface area contributed by atoms with Crippen LogP contribution in [0.1, 0.15) is 35.6 Å². The Hall–Kier alpha value is -0.940. The predicted octanol–water partition coefficient (Wildman–Crippen LogP) is 1.83. The molecule has 1 aromatic heterocycles. The van der Waals surface area contributed by atoms with Crippen LogP contribution in [0.3, 0.4) is 0 Å². The van der Waals surface area contributed by atoms with Gasteiger partial charge in [-0.2, -0.15) is 0 Å². The highest BCUT2D eigenvalue weighted by molar-refractivity contribution is 7.11. The summed E-state index contributed by atoms with van der Waals surface area (Å²) in [5, 5.41) is 3.97. The van der Waals surface area contributed by atoms with E-state index in [-0.39, 0.29) is 11.8 Å². The van der Waals surface area contributed by atoms with Crippen molar-refractivity contribution in [2.45, 2.75) is 39.2 Å². The van der Waals surface area contributed by atoms with Crippen LogP contribution in [0.15, 0.2) is 6.20 Å². The smallest absolute Gasteiger partial charge is 0.223 e. The molecule has 1 heterocycles. The van der Waals surface area contributed by atoms with E-state index in [9.17, 15) is 4.79 Å². The molecule has 0 spiro atoms. The van der Waals surface area contributed by atoms with Crippen LogP contribution in [0.4, 0.5) is 0 Å². The number of hydrogen-bond donors (Lipinski definition) is 2. The van der Waals surface area contributed by atoms with E-state index in [0.29, 0.717) is 19.0 Å². The lowest BCUT2D eigenvalue weighted by atomic mass is 9.79. The van der Waals surface area contributed by atoms with Gasteiger partial charge in [0, 0.05) is 17.0 Å². The van der Waals surface area contributed by atoms with Gasteiger partial charge in [-0.3, -0.25) is 4.79 Å². The van der Waals surface area contributed by atoms with Crippen molar-refractivity contribution < 1.29 is 4.79 Å². The van der Waals surface area contributed by atoms with Crippen molar-refractivity contribution in [3.63, 3.8) is 0 Å². The van der Waals surface area contributed by atoms with Gasteiger partial charge in [-0.1, -0.05) is 12.8 Å². The van der Waals surface area contributed by atoms with Crippen molar-refractivity contribution >= 4 is 17.2 Å². The SMILES string of the molecule is Cc1cnc(CNC(=O)C2CCCCC2CN)s1. The molecular weight excluding hydrogens is 246 g/mol. The zero-order valence-corrected chi connectivity index (χ0v) is 11.6. The highest BCUT2D eigenvalue weighted by Gasteiger charge is 2.29. The average molecular weight is 267 g/mol. The van der Waals surface area contributed by atoms with Crippen LogP contribution in [0.2, 0.25) is 0 Å². The Balaban J connectivity index is 1.86. The fourth-order valence-corrected chi connectivity index (χ4v) is 3.34. The van der Waals surface area contributed by atoms with Crippen LogP contribution >= 0.6 is 11.3 Å². The van der Waals surface area contributed by atoms with Gasteiger partial charge in [-0.05, 0) is 32.2 Å². The number of nitrogens with one attached hydrogen (secondary N) is 1.